The first-order chi connectivity index (χ1) is 28.3. The summed E-state index contributed by atoms with van der Waals surface area (Å²) in [4.78, 5) is 83.1. The van der Waals surface area contributed by atoms with E-state index in [0.29, 0.717) is 38.5 Å². The van der Waals surface area contributed by atoms with Gasteiger partial charge in [-0.05, 0) is 95.4 Å². The average molecular weight is 883 g/mol. The molecule has 0 bridgehead atoms. The fourth-order valence-corrected chi connectivity index (χ4v) is 6.85. The molecule has 1 amide bonds. The first-order valence-corrected chi connectivity index (χ1v) is 21.6. The minimum absolute atomic E-state index is 0.163. The van der Waals surface area contributed by atoms with E-state index in [9.17, 15) is 28.8 Å². The Morgan fingerprint density at radius 1 is 0.803 bits per heavy atom. The quantitative estimate of drug-likeness (QED) is 0.0853. The molecule has 0 radical (unpaired) electrons. The number of nitrogens with zero attached hydrogens (tertiary/aromatic N) is 4. The highest BCUT2D eigenvalue weighted by molar-refractivity contribution is 6.99. The maximum atomic E-state index is 14.1. The van der Waals surface area contributed by atoms with Gasteiger partial charge in [-0.15, -0.1) is 4.37 Å². The van der Waals surface area contributed by atoms with E-state index in [4.69, 9.17) is 33.2 Å². The highest BCUT2D eigenvalue weighted by Crippen LogP contribution is 2.29. The van der Waals surface area contributed by atoms with Gasteiger partial charge in [-0.1, -0.05) is 33.4 Å². The third-order valence-electron chi connectivity index (χ3n) is 11.5. The van der Waals surface area contributed by atoms with Crippen molar-refractivity contribution in [3.05, 3.63) is 12.7 Å². The van der Waals surface area contributed by atoms with Crippen LogP contribution in [0.2, 0.25) is 0 Å². The predicted molar refractivity (Wildman–Crippen MR) is 229 cm³/mol. The molecule has 0 aromatic carbocycles. The first kappa shape index (κ1) is 53.5. The summed E-state index contributed by atoms with van der Waals surface area (Å²) < 4.78 is 50.1. The van der Waals surface area contributed by atoms with E-state index >= 15 is 0 Å². The maximum Gasteiger partial charge on any atom is 0.332 e. The zero-order valence-electron chi connectivity index (χ0n) is 38.8. The van der Waals surface area contributed by atoms with Crippen molar-refractivity contribution in [3.63, 3.8) is 0 Å². The topological polar surface area (TPSA) is 199 Å². The molecule has 0 aliphatic carbocycles. The van der Waals surface area contributed by atoms with Gasteiger partial charge in [0.2, 0.25) is 11.7 Å². The Morgan fingerprint density at radius 3 is 1.80 bits per heavy atom. The number of Topliss-reactive ketones (excluding diaryl/α,β-unsaturated/α-hetero) is 4. The van der Waals surface area contributed by atoms with Crippen LogP contribution in [0.4, 0.5) is 5.82 Å². The van der Waals surface area contributed by atoms with Gasteiger partial charge < -0.3 is 43.0 Å². The Balaban J connectivity index is 2.36. The highest BCUT2D eigenvalue weighted by atomic mass is 32.1. The molecule has 1 fully saturated rings. The fraction of sp³-hybridized carbons (Fsp3) is 0.767. The summed E-state index contributed by atoms with van der Waals surface area (Å²) in [6.45, 7) is 27.0. The summed E-state index contributed by atoms with van der Waals surface area (Å²) in [5.41, 5.74) is -6.36. The van der Waals surface area contributed by atoms with Crippen LogP contribution in [0.15, 0.2) is 12.7 Å². The second-order valence-corrected chi connectivity index (χ2v) is 17.6. The van der Waals surface area contributed by atoms with E-state index < -0.39 is 82.9 Å². The number of carbonyl (C=O) groups is 6. The van der Waals surface area contributed by atoms with Gasteiger partial charge >= 0.3 is 5.97 Å². The number of morpholine rings is 1. The molecule has 346 valence electrons. The number of carbonyl (C=O) groups excluding carboxylic acids is 6. The van der Waals surface area contributed by atoms with Crippen LogP contribution in [0, 0.1) is 0 Å². The first-order valence-electron chi connectivity index (χ1n) is 20.9. The summed E-state index contributed by atoms with van der Waals surface area (Å²) in [5.74, 6) is -2.10. The molecule has 0 N–H and O–H groups in total. The van der Waals surface area contributed by atoms with Gasteiger partial charge in [0.05, 0.1) is 31.5 Å². The standard InChI is InChI=1S/C43H70N4O13S/c1-16-40(12,30(7)48)59-28(5)35(52)42(14,18-3)56-26-33(50)47(39(9,10)11)24-32(25-55-38-37(44-61-45-38)46-20-22-54-23-21-46)58-34(51)27-57-43(15,19-4)36(53)29(6)60-41(13,17-2)31(8)49/h17,28-29,32H,2,16,18-27H2,1,3-15H3/t28?,29?,32-,40?,41?,42?,43?/m0/s1. The Labute approximate surface area is 365 Å². The van der Waals surface area contributed by atoms with Gasteiger partial charge in [0, 0.05) is 18.6 Å². The van der Waals surface area contributed by atoms with Crippen molar-refractivity contribution in [2.75, 3.05) is 57.6 Å². The maximum absolute atomic E-state index is 14.1. The zero-order chi connectivity index (χ0) is 46.6. The molecular weight excluding hydrogens is 813 g/mol. The molecule has 1 aliphatic heterocycles. The molecule has 0 saturated carbocycles. The van der Waals surface area contributed by atoms with Crippen LogP contribution in [0.1, 0.15) is 116 Å². The number of esters is 1. The molecule has 17 nitrogen and oxygen atoms in total. The number of hydrogen-bond acceptors (Lipinski definition) is 17. The van der Waals surface area contributed by atoms with E-state index in [1.165, 1.54) is 45.6 Å². The van der Waals surface area contributed by atoms with Gasteiger partial charge in [0.15, 0.2) is 29.2 Å². The SMILES string of the molecule is C=CC(C)(OC(C)C(=O)C(C)(CC)OCC(=O)O[C@H](COc1nsnc1N1CCOCC1)CN(C(=O)COC(C)(CC)C(=O)C(C)OC(C)(CC)C(C)=O)C(C)(C)C)C(C)=O. The van der Waals surface area contributed by atoms with E-state index in [0.717, 1.165) is 11.7 Å². The minimum atomic E-state index is -1.50. The van der Waals surface area contributed by atoms with Crippen LogP contribution < -0.4 is 9.64 Å². The molecule has 18 heteroatoms. The second kappa shape index (κ2) is 22.6. The van der Waals surface area contributed by atoms with Crippen LogP contribution in [0.3, 0.4) is 0 Å². The molecule has 2 rings (SSSR count). The monoisotopic (exact) mass is 882 g/mol. The molecule has 61 heavy (non-hydrogen) atoms. The third kappa shape index (κ3) is 14.4. The molecule has 7 atom stereocenters. The van der Waals surface area contributed by atoms with Crippen molar-refractivity contribution >= 4 is 52.6 Å². The van der Waals surface area contributed by atoms with Crippen molar-refractivity contribution < 1.29 is 61.9 Å². The van der Waals surface area contributed by atoms with E-state index in [-0.39, 0.29) is 43.4 Å². The smallest absolute Gasteiger partial charge is 0.332 e. The fourth-order valence-electron chi connectivity index (χ4n) is 6.33. The Kier molecular flexibility index (Phi) is 19.8. The normalized spacial score (nSPS) is 18.8. The molecule has 6 unspecified atom stereocenters. The van der Waals surface area contributed by atoms with E-state index in [2.05, 4.69) is 15.3 Å². The van der Waals surface area contributed by atoms with Gasteiger partial charge in [0.1, 0.15) is 54.4 Å². The summed E-state index contributed by atoms with van der Waals surface area (Å²) in [6.07, 6.45) is -1.14. The Bertz CT molecular complexity index is 1690. The molecule has 2 heterocycles. The van der Waals surface area contributed by atoms with Crippen molar-refractivity contribution in [3.8, 4) is 5.88 Å². The second-order valence-electron chi connectivity index (χ2n) is 17.1. The molecule has 1 saturated heterocycles. The lowest BCUT2D eigenvalue weighted by Gasteiger charge is -2.39. The molecule has 1 aromatic heterocycles. The van der Waals surface area contributed by atoms with Crippen LogP contribution >= 0.6 is 11.7 Å². The number of aromatic nitrogens is 2. The van der Waals surface area contributed by atoms with Gasteiger partial charge in [-0.2, -0.15) is 4.37 Å². The lowest BCUT2D eigenvalue weighted by atomic mass is 9.92. The van der Waals surface area contributed by atoms with Gasteiger partial charge in [0.25, 0.3) is 5.88 Å². The number of amides is 1. The van der Waals surface area contributed by atoms with Gasteiger partial charge in [-0.3, -0.25) is 24.0 Å². The van der Waals surface area contributed by atoms with Gasteiger partial charge in [-0.25, -0.2) is 4.79 Å². The van der Waals surface area contributed by atoms with Crippen LogP contribution in [0.25, 0.3) is 0 Å². The molecule has 1 aromatic rings. The van der Waals surface area contributed by atoms with Crippen molar-refractivity contribution in [1.29, 1.82) is 0 Å². The number of anilines is 1. The van der Waals surface area contributed by atoms with Crippen molar-refractivity contribution in [2.45, 2.75) is 162 Å². The highest BCUT2D eigenvalue weighted by Gasteiger charge is 2.43. The molecular formula is C43H70N4O13S. The van der Waals surface area contributed by atoms with Crippen LogP contribution in [0.5, 0.6) is 5.88 Å². The van der Waals surface area contributed by atoms with E-state index in [1.54, 1.807) is 62.3 Å². The largest absolute Gasteiger partial charge is 0.470 e. The molecule has 1 aliphatic rings. The van der Waals surface area contributed by atoms with Crippen molar-refractivity contribution in [2.24, 2.45) is 0 Å². The number of ketones is 4. The summed E-state index contributed by atoms with van der Waals surface area (Å²) in [5, 5.41) is 0. The number of ether oxygens (including phenoxy) is 7. The summed E-state index contributed by atoms with van der Waals surface area (Å²) in [7, 11) is 0. The molecule has 0 spiro atoms. The van der Waals surface area contributed by atoms with Crippen LogP contribution in [-0.2, 0) is 57.2 Å². The average Bonchev–Trinajstić information content (AvgIpc) is 3.70. The Hall–Kier alpha value is -3.68. The Morgan fingerprint density at radius 2 is 1.33 bits per heavy atom. The number of rotatable bonds is 27. The van der Waals surface area contributed by atoms with Crippen LogP contribution in [-0.4, -0.2) is 148 Å². The van der Waals surface area contributed by atoms with E-state index in [1.807, 2.05) is 4.90 Å². The lowest BCUT2D eigenvalue weighted by molar-refractivity contribution is -0.177. The third-order valence-corrected chi connectivity index (χ3v) is 12.0. The summed E-state index contributed by atoms with van der Waals surface area (Å²) >= 11 is 0.958. The summed E-state index contributed by atoms with van der Waals surface area (Å²) in [6, 6.07) is 0. The number of hydrogen-bond donors (Lipinski definition) is 0. The van der Waals surface area contributed by atoms with Crippen molar-refractivity contribution in [1.82, 2.24) is 13.6 Å². The predicted octanol–water partition coefficient (Wildman–Crippen LogP) is 4.90. The lowest BCUT2D eigenvalue weighted by Crippen LogP contribution is -2.54. The minimum Gasteiger partial charge on any atom is -0.470 e. The zero-order valence-corrected chi connectivity index (χ0v) is 39.6.